The number of hydrogen-bond acceptors (Lipinski definition) is 29. The van der Waals surface area contributed by atoms with E-state index in [0.717, 1.165) is 25.7 Å². The number of halogens is 1. The fraction of sp³-hybridized carbons (Fsp3) is 0.831. The molecule has 5 aliphatic heterocycles. The highest BCUT2D eigenvalue weighted by atomic mass is 35.5. The SMILES string of the molecule is CCCCCCCCCCCCCCCCCC(=O)N[C@@H](CO[C@@H]1OC(CO)[C@@H](O[C@@H]2OC(CO)[C@H](O[C@@H]3OC(CO)[C@H](O)[C@H](O[C@@H]4OC(CO)[C@H](O)[C@H](O)C4O)C3C)[C@H](OC3C[C@@H](O)[C@@H](C)C([C@H](O)[C@H](O)CO)O3)C2O)[C@H](O)C1O)[C@H](O)/C=C/c1nc(-c2ccc(Cl)cc2)n[nH]1. The Labute approximate surface area is 569 Å². The Balaban J connectivity index is 1.04. The second kappa shape index (κ2) is 40.6. The Morgan fingerprint density at radius 2 is 1.12 bits per heavy atom. The third kappa shape index (κ3) is 22.4. The zero-order chi connectivity index (χ0) is 70.5. The molecule has 5 saturated heterocycles. The largest absolute Gasteiger partial charge is 0.394 e. The molecule has 2 aromatic rings. The Kier molecular flexibility index (Phi) is 34.0. The number of H-pyrrole nitrogens is 1. The number of ether oxygens (including phenoxy) is 10. The summed E-state index contributed by atoms with van der Waals surface area (Å²) in [4.78, 5) is 18.0. The van der Waals surface area contributed by atoms with Crippen molar-refractivity contribution in [3.63, 3.8) is 0 Å². The van der Waals surface area contributed by atoms with Crippen LogP contribution in [0.4, 0.5) is 0 Å². The lowest BCUT2D eigenvalue weighted by Crippen LogP contribution is -2.67. The van der Waals surface area contributed by atoms with Crippen molar-refractivity contribution in [1.29, 1.82) is 0 Å². The maximum atomic E-state index is 13.6. The first-order chi connectivity index (χ1) is 46.6. The molecular weight excluding hydrogens is 1300 g/mol. The van der Waals surface area contributed by atoms with Gasteiger partial charge < -0.3 is 134 Å². The summed E-state index contributed by atoms with van der Waals surface area (Å²) >= 11 is 6.07. The number of nitrogens with one attached hydrogen (secondary N) is 2. The number of aromatic nitrogens is 3. The maximum Gasteiger partial charge on any atom is 0.220 e. The van der Waals surface area contributed by atoms with Gasteiger partial charge in [-0.05, 0) is 36.8 Å². The second-order valence-electron chi connectivity index (χ2n) is 26.1. The number of carbonyl (C=O) groups is 1. The predicted octanol–water partition coefficient (Wildman–Crippen LogP) is -1.34. The summed E-state index contributed by atoms with van der Waals surface area (Å²) in [7, 11) is 0. The van der Waals surface area contributed by atoms with E-state index in [2.05, 4.69) is 27.4 Å². The van der Waals surface area contributed by atoms with Crippen LogP contribution in [0.25, 0.3) is 17.5 Å². The lowest BCUT2D eigenvalue weighted by atomic mass is 9.87. The molecule has 18 N–H and O–H groups in total. The van der Waals surface area contributed by atoms with Gasteiger partial charge in [0.1, 0.15) is 103 Å². The minimum Gasteiger partial charge on any atom is -0.394 e. The van der Waals surface area contributed by atoms with Gasteiger partial charge in [-0.2, -0.15) is 5.10 Å². The zero-order valence-electron chi connectivity index (χ0n) is 55.3. The number of benzene rings is 1. The Morgan fingerprint density at radius 3 is 1.73 bits per heavy atom. The summed E-state index contributed by atoms with van der Waals surface area (Å²) in [5.41, 5.74) is 0.660. The van der Waals surface area contributed by atoms with Crippen LogP contribution >= 0.6 is 11.6 Å². The van der Waals surface area contributed by atoms with E-state index < -0.39 is 217 Å². The molecule has 556 valence electrons. The summed E-state index contributed by atoms with van der Waals surface area (Å²) in [6.07, 6.45) is -23.6. The summed E-state index contributed by atoms with van der Waals surface area (Å²) in [5.74, 6) is -1.90. The number of amides is 1. The number of carbonyl (C=O) groups excluding carboxylic acids is 1. The Hall–Kier alpha value is -3.18. The van der Waals surface area contributed by atoms with E-state index in [4.69, 9.17) is 59.0 Å². The third-order valence-corrected chi connectivity index (χ3v) is 19.1. The molecule has 0 aliphatic carbocycles. The van der Waals surface area contributed by atoms with Crippen molar-refractivity contribution in [2.45, 2.75) is 289 Å². The van der Waals surface area contributed by atoms with Crippen LogP contribution in [0.5, 0.6) is 0 Å². The molecule has 32 heteroatoms. The van der Waals surface area contributed by atoms with Gasteiger partial charge in [-0.15, -0.1) is 0 Å². The molecule has 7 rings (SSSR count). The van der Waals surface area contributed by atoms with Crippen molar-refractivity contribution < 1.29 is 134 Å². The van der Waals surface area contributed by atoms with Gasteiger partial charge in [-0.1, -0.05) is 128 Å². The molecule has 5 fully saturated rings. The van der Waals surface area contributed by atoms with Gasteiger partial charge in [0.25, 0.3) is 0 Å². The molecule has 28 atom stereocenters. The highest BCUT2D eigenvalue weighted by Gasteiger charge is 2.57. The topological polar surface area (TPSA) is 487 Å². The van der Waals surface area contributed by atoms with Crippen molar-refractivity contribution in [2.75, 3.05) is 39.6 Å². The van der Waals surface area contributed by atoms with Crippen LogP contribution in [-0.2, 0) is 52.2 Å². The molecule has 1 aromatic carbocycles. The van der Waals surface area contributed by atoms with Crippen molar-refractivity contribution in [1.82, 2.24) is 20.5 Å². The number of unbranched alkanes of at least 4 members (excludes halogenated alkanes) is 14. The maximum absolute atomic E-state index is 13.6. The first-order valence-electron chi connectivity index (χ1n) is 34.3. The average molecular weight is 1410 g/mol. The van der Waals surface area contributed by atoms with Gasteiger partial charge in [0, 0.05) is 35.3 Å². The van der Waals surface area contributed by atoms with Crippen LogP contribution in [-0.4, -0.2) is 302 Å². The molecule has 0 radical (unpaired) electrons. The van der Waals surface area contributed by atoms with E-state index in [1.54, 1.807) is 24.3 Å². The van der Waals surface area contributed by atoms with Gasteiger partial charge >= 0.3 is 0 Å². The number of nitrogens with zero attached hydrogens (tertiary/aromatic N) is 2. The Bertz CT molecular complexity index is 2570. The standard InChI is InChI=1S/C65H107ClN4O27/c1-4-5-6-7-8-9-10-11-12-13-14-15-16-17-18-19-46(79)67-37(38(76)24-25-45-68-61(70-69-45)35-20-22-36(66)23-21-35)32-88-63-54(86)52(84)58(43(30-74)91-63)96-65-55(87)60(94-47-26-39(77)33(2)56(93-47)48(80)40(78)27-71)59(44(31-75)92-65)97-62-34(3)57(50(82)42(29-73)89-62)95-64-53(85)51(83)49(81)41(28-72)90-64/h20-25,33-34,37-44,47-60,62-65,71-78,80-87H,4-19,26-32H2,1-3H3,(H,67,79)(H,68,69,70)/b25-24+/t33-,34?,37+,38-,39-,40-,41?,42?,43?,44?,47?,48-,49+,50+,51+,52-,53?,54?,55?,56?,57-,58-,59+,60-,62+,63-,64+,65+/m1/s1. The third-order valence-electron chi connectivity index (χ3n) is 18.8. The number of hydrogen-bond donors (Lipinski definition) is 18. The highest BCUT2D eigenvalue weighted by molar-refractivity contribution is 6.30. The van der Waals surface area contributed by atoms with Gasteiger partial charge in [-0.3, -0.25) is 9.89 Å². The minimum atomic E-state index is -2.13. The van der Waals surface area contributed by atoms with Crippen LogP contribution in [0.1, 0.15) is 136 Å². The number of aromatic amines is 1. The number of rotatable bonds is 39. The Morgan fingerprint density at radius 1 is 0.598 bits per heavy atom. The fourth-order valence-electron chi connectivity index (χ4n) is 12.8. The van der Waals surface area contributed by atoms with Crippen molar-refractivity contribution in [3.8, 4) is 11.4 Å². The molecule has 5 aliphatic rings. The predicted molar refractivity (Wildman–Crippen MR) is 341 cm³/mol. The summed E-state index contributed by atoms with van der Waals surface area (Å²) in [5, 5.41) is 186. The van der Waals surface area contributed by atoms with Crippen LogP contribution < -0.4 is 5.32 Å². The molecular formula is C65H107ClN4O27. The first kappa shape index (κ1) is 81.1. The van der Waals surface area contributed by atoms with Crippen molar-refractivity contribution in [2.24, 2.45) is 11.8 Å². The van der Waals surface area contributed by atoms with E-state index in [1.807, 2.05) is 0 Å². The molecule has 97 heavy (non-hydrogen) atoms. The molecule has 0 spiro atoms. The lowest BCUT2D eigenvalue weighted by molar-refractivity contribution is -0.396. The number of aliphatic hydroxyl groups is 16. The van der Waals surface area contributed by atoms with Crippen LogP contribution in [0.3, 0.4) is 0 Å². The first-order valence-corrected chi connectivity index (χ1v) is 34.7. The molecule has 10 unspecified atom stereocenters. The van der Waals surface area contributed by atoms with Gasteiger partial charge in [0.15, 0.2) is 37.3 Å². The second-order valence-corrected chi connectivity index (χ2v) is 26.6. The zero-order valence-corrected chi connectivity index (χ0v) is 56.1. The van der Waals surface area contributed by atoms with Gasteiger partial charge in [0.05, 0.1) is 70.1 Å². The normalized spacial score (nSPS) is 36.3. The van der Waals surface area contributed by atoms with Crippen LogP contribution in [0.15, 0.2) is 30.3 Å². The van der Waals surface area contributed by atoms with E-state index in [1.165, 1.54) is 90.2 Å². The van der Waals surface area contributed by atoms with Gasteiger partial charge in [-0.25, -0.2) is 4.98 Å². The molecule has 1 amide bonds. The van der Waals surface area contributed by atoms with Crippen molar-refractivity contribution in [3.05, 3.63) is 41.2 Å². The van der Waals surface area contributed by atoms with Crippen LogP contribution in [0, 0.1) is 11.8 Å². The van der Waals surface area contributed by atoms with E-state index in [0.29, 0.717) is 22.8 Å². The monoisotopic (exact) mass is 1410 g/mol. The van der Waals surface area contributed by atoms with E-state index >= 15 is 0 Å². The summed E-state index contributed by atoms with van der Waals surface area (Å²) < 4.78 is 60.6. The van der Waals surface area contributed by atoms with Crippen molar-refractivity contribution >= 4 is 23.6 Å². The molecule has 1 aromatic heterocycles. The fourth-order valence-corrected chi connectivity index (χ4v) is 12.9. The van der Waals surface area contributed by atoms with Crippen LogP contribution in [0.2, 0.25) is 5.02 Å². The average Bonchev–Trinajstić information content (AvgIpc) is 0.921. The van der Waals surface area contributed by atoms with E-state index in [-0.39, 0.29) is 18.7 Å². The van der Waals surface area contributed by atoms with Gasteiger partial charge in [0.2, 0.25) is 5.91 Å². The highest BCUT2D eigenvalue weighted by Crippen LogP contribution is 2.40. The molecule has 0 saturated carbocycles. The lowest BCUT2D eigenvalue weighted by Gasteiger charge is -2.51. The summed E-state index contributed by atoms with van der Waals surface area (Å²) in [6, 6.07) is 5.61. The molecule has 0 bridgehead atoms. The van der Waals surface area contributed by atoms with E-state index in [9.17, 15) is 86.5 Å². The molecule has 6 heterocycles. The quantitative estimate of drug-likeness (QED) is 0.0345. The molecule has 31 nitrogen and oxygen atoms in total. The number of aliphatic hydroxyl groups excluding tert-OH is 16. The minimum absolute atomic E-state index is 0.120. The summed E-state index contributed by atoms with van der Waals surface area (Å²) in [6.45, 7) is 0.0564. The smallest absolute Gasteiger partial charge is 0.220 e.